The van der Waals surface area contributed by atoms with E-state index in [1.54, 1.807) is 0 Å². The maximum absolute atomic E-state index is 6.45. The summed E-state index contributed by atoms with van der Waals surface area (Å²) in [5, 5.41) is 7.04. The van der Waals surface area contributed by atoms with Gasteiger partial charge in [0.05, 0.1) is 17.4 Å². The predicted molar refractivity (Wildman–Crippen MR) is 130 cm³/mol. The number of anilines is 3. The Kier molecular flexibility index (Phi) is 5.29. The predicted octanol–water partition coefficient (Wildman–Crippen LogP) is 2.75. The van der Waals surface area contributed by atoms with Crippen LogP contribution in [-0.4, -0.2) is 58.9 Å². The maximum Gasteiger partial charge on any atom is 0.248 e. The number of nitrogens with one attached hydrogen (secondary N) is 1. The van der Waals surface area contributed by atoms with Crippen LogP contribution in [0.5, 0.6) is 0 Å². The fourth-order valence-corrected chi connectivity index (χ4v) is 4.93. The summed E-state index contributed by atoms with van der Waals surface area (Å²) in [7, 11) is 0. The number of para-hydroxylation sites is 1. The molecule has 2 aliphatic rings. The Bertz CT molecular complexity index is 1260. The highest BCUT2D eigenvalue weighted by atomic mass is 16.5. The second-order valence-corrected chi connectivity index (χ2v) is 8.62. The van der Waals surface area contributed by atoms with Crippen molar-refractivity contribution in [1.29, 1.82) is 0 Å². The molecule has 6 rings (SSSR count). The first kappa shape index (κ1) is 20.3. The molecule has 0 radical (unpaired) electrons. The molecule has 0 saturated carbocycles. The average Bonchev–Trinajstić information content (AvgIpc) is 3.23. The third-order valence-corrected chi connectivity index (χ3v) is 6.67. The van der Waals surface area contributed by atoms with Gasteiger partial charge in [0.15, 0.2) is 0 Å². The molecule has 33 heavy (non-hydrogen) atoms. The summed E-state index contributed by atoms with van der Waals surface area (Å²) in [6.07, 6.45) is 5.69. The molecule has 0 unspecified atom stereocenters. The molecule has 0 amide bonds. The molecule has 0 aliphatic carbocycles. The van der Waals surface area contributed by atoms with Crippen LogP contribution in [0.4, 0.5) is 17.5 Å². The molecule has 2 fully saturated rings. The minimum absolute atomic E-state index is 0.339. The van der Waals surface area contributed by atoms with Gasteiger partial charge in [-0.25, -0.2) is 20.8 Å². The van der Waals surface area contributed by atoms with E-state index in [1.165, 1.54) is 10.5 Å². The highest BCUT2D eigenvalue weighted by molar-refractivity contribution is 6.06. The normalized spacial score (nSPS) is 17.7. The van der Waals surface area contributed by atoms with Crippen LogP contribution in [0.2, 0.25) is 0 Å². The van der Waals surface area contributed by atoms with Crippen molar-refractivity contribution in [2.75, 3.05) is 49.3 Å². The fourth-order valence-electron chi connectivity index (χ4n) is 4.93. The van der Waals surface area contributed by atoms with E-state index in [2.05, 4.69) is 55.1 Å². The Hall–Kier alpha value is -3.27. The Morgan fingerprint density at radius 2 is 1.79 bits per heavy atom. The summed E-state index contributed by atoms with van der Waals surface area (Å²) in [4.78, 5) is 16.4. The molecule has 2 saturated heterocycles. The van der Waals surface area contributed by atoms with Gasteiger partial charge >= 0.3 is 0 Å². The lowest BCUT2D eigenvalue weighted by Gasteiger charge is -2.29. The first-order valence-corrected chi connectivity index (χ1v) is 11.6. The number of hydrogen-bond donors (Lipinski definition) is 2. The van der Waals surface area contributed by atoms with E-state index in [4.69, 9.17) is 15.6 Å². The van der Waals surface area contributed by atoms with Crippen molar-refractivity contribution >= 4 is 39.4 Å². The van der Waals surface area contributed by atoms with Crippen molar-refractivity contribution in [3.8, 4) is 0 Å². The van der Waals surface area contributed by atoms with E-state index in [-0.39, 0.29) is 0 Å². The van der Waals surface area contributed by atoms with Crippen LogP contribution in [0.1, 0.15) is 18.9 Å². The van der Waals surface area contributed by atoms with E-state index >= 15 is 0 Å². The number of benzene rings is 1. The SMILES string of the molecule is NN(c1ccc(N2CCNCC2)cn1)c1ncc2c3ccccc3n(C3CCOCC3)c2n1. The van der Waals surface area contributed by atoms with Gasteiger partial charge in [-0.2, -0.15) is 4.98 Å². The summed E-state index contributed by atoms with van der Waals surface area (Å²) in [5.41, 5.74) is 3.18. The number of fused-ring (bicyclic) bond motifs is 3. The Morgan fingerprint density at radius 3 is 2.58 bits per heavy atom. The van der Waals surface area contributed by atoms with Crippen LogP contribution >= 0.6 is 0 Å². The largest absolute Gasteiger partial charge is 0.381 e. The van der Waals surface area contributed by atoms with Crippen LogP contribution < -0.4 is 21.1 Å². The molecule has 4 aromatic rings. The molecular formula is C24H28N8O. The number of rotatable bonds is 4. The number of hydrogen-bond acceptors (Lipinski definition) is 8. The molecule has 0 atom stereocenters. The topological polar surface area (TPSA) is 97.4 Å². The van der Waals surface area contributed by atoms with Gasteiger partial charge in [0.1, 0.15) is 11.5 Å². The molecule has 1 aromatic carbocycles. The van der Waals surface area contributed by atoms with Gasteiger partial charge in [-0.05, 0) is 31.0 Å². The van der Waals surface area contributed by atoms with Gasteiger partial charge in [0.2, 0.25) is 5.95 Å². The fraction of sp³-hybridized carbons (Fsp3) is 0.375. The van der Waals surface area contributed by atoms with Gasteiger partial charge in [0.25, 0.3) is 0 Å². The minimum atomic E-state index is 0.339. The van der Waals surface area contributed by atoms with Crippen molar-refractivity contribution in [3.05, 3.63) is 48.8 Å². The quantitative estimate of drug-likeness (QED) is 0.366. The van der Waals surface area contributed by atoms with Crippen LogP contribution in [0.3, 0.4) is 0 Å². The van der Waals surface area contributed by atoms with E-state index in [1.807, 2.05) is 18.5 Å². The number of aromatic nitrogens is 4. The molecule has 0 bridgehead atoms. The molecule has 2 aliphatic heterocycles. The van der Waals surface area contributed by atoms with Crippen molar-refractivity contribution in [3.63, 3.8) is 0 Å². The second-order valence-electron chi connectivity index (χ2n) is 8.62. The number of piperazine rings is 1. The smallest absolute Gasteiger partial charge is 0.248 e. The molecule has 3 aromatic heterocycles. The van der Waals surface area contributed by atoms with Gasteiger partial charge in [0, 0.05) is 62.4 Å². The summed E-state index contributed by atoms with van der Waals surface area (Å²) in [6, 6.07) is 12.7. The second kappa shape index (κ2) is 8.58. The van der Waals surface area contributed by atoms with Crippen molar-refractivity contribution < 1.29 is 4.74 Å². The third kappa shape index (κ3) is 3.68. The molecule has 9 nitrogen and oxygen atoms in total. The zero-order valence-electron chi connectivity index (χ0n) is 18.5. The summed E-state index contributed by atoms with van der Waals surface area (Å²) < 4.78 is 7.95. The first-order chi connectivity index (χ1) is 16.3. The number of nitrogens with zero attached hydrogens (tertiary/aromatic N) is 6. The van der Waals surface area contributed by atoms with Gasteiger partial charge < -0.3 is 19.5 Å². The zero-order valence-corrected chi connectivity index (χ0v) is 18.5. The molecule has 5 heterocycles. The first-order valence-electron chi connectivity index (χ1n) is 11.6. The third-order valence-electron chi connectivity index (χ3n) is 6.67. The van der Waals surface area contributed by atoms with Crippen LogP contribution in [-0.2, 0) is 4.74 Å². The van der Waals surface area contributed by atoms with Crippen molar-refractivity contribution in [2.45, 2.75) is 18.9 Å². The van der Waals surface area contributed by atoms with Crippen molar-refractivity contribution in [2.24, 2.45) is 5.84 Å². The summed E-state index contributed by atoms with van der Waals surface area (Å²) >= 11 is 0. The number of ether oxygens (including phenoxy) is 1. The standard InChI is InChI=1S/C24H28N8O/c25-32(22-6-5-18(15-27-22)30-11-9-26-10-12-30)24-28-16-20-19-3-1-2-4-21(19)31(23(20)29-24)17-7-13-33-14-8-17/h1-6,15-17,26H,7-14,25H2. The van der Waals surface area contributed by atoms with Crippen LogP contribution in [0, 0.1) is 0 Å². The average molecular weight is 445 g/mol. The van der Waals surface area contributed by atoms with E-state index < -0.39 is 0 Å². The Balaban J connectivity index is 1.37. The van der Waals surface area contributed by atoms with Gasteiger partial charge in [-0.3, -0.25) is 0 Å². The number of pyridine rings is 1. The summed E-state index contributed by atoms with van der Waals surface area (Å²) in [6.45, 7) is 5.46. The molecule has 0 spiro atoms. The molecule has 170 valence electrons. The van der Waals surface area contributed by atoms with Gasteiger partial charge in [-0.15, -0.1) is 0 Å². The van der Waals surface area contributed by atoms with Crippen molar-refractivity contribution in [1.82, 2.24) is 24.8 Å². The number of nitrogens with two attached hydrogens (primary N) is 1. The monoisotopic (exact) mass is 444 g/mol. The Morgan fingerprint density at radius 1 is 0.970 bits per heavy atom. The van der Waals surface area contributed by atoms with Gasteiger partial charge in [-0.1, -0.05) is 18.2 Å². The van der Waals surface area contributed by atoms with E-state index in [0.717, 1.165) is 74.3 Å². The minimum Gasteiger partial charge on any atom is -0.381 e. The lowest BCUT2D eigenvalue weighted by atomic mass is 10.1. The summed E-state index contributed by atoms with van der Waals surface area (Å²) in [5.74, 6) is 7.50. The number of hydrazine groups is 1. The molecular weight excluding hydrogens is 416 g/mol. The van der Waals surface area contributed by atoms with E-state index in [0.29, 0.717) is 17.8 Å². The van der Waals surface area contributed by atoms with Crippen LogP contribution in [0.25, 0.3) is 21.9 Å². The van der Waals surface area contributed by atoms with Crippen LogP contribution in [0.15, 0.2) is 48.8 Å². The maximum atomic E-state index is 6.45. The zero-order chi connectivity index (χ0) is 22.2. The molecule has 3 N–H and O–H groups in total. The lowest BCUT2D eigenvalue weighted by molar-refractivity contribution is 0.0716. The van der Waals surface area contributed by atoms with E-state index in [9.17, 15) is 0 Å². The highest BCUT2D eigenvalue weighted by Gasteiger charge is 2.23. The molecule has 9 heteroatoms. The lowest BCUT2D eigenvalue weighted by Crippen LogP contribution is -2.43. The Labute approximate surface area is 192 Å². The highest BCUT2D eigenvalue weighted by Crippen LogP contribution is 2.35.